The fourth-order valence-corrected chi connectivity index (χ4v) is 4.72. The maximum atomic E-state index is 10.5. The Bertz CT molecular complexity index is 687. The first kappa shape index (κ1) is 17.8. The van der Waals surface area contributed by atoms with Gasteiger partial charge in [0.2, 0.25) is 0 Å². The molecule has 1 aliphatic heterocycles. The van der Waals surface area contributed by atoms with Gasteiger partial charge in [0.1, 0.15) is 18.5 Å². The molecule has 0 amide bonds. The normalized spacial score (nSPS) is 35.7. The minimum atomic E-state index is -0.886. The summed E-state index contributed by atoms with van der Waals surface area (Å²) in [5.41, 5.74) is -0.117. The second-order valence-corrected chi connectivity index (χ2v) is 7.74. The quantitative estimate of drug-likeness (QED) is 0.809. The van der Waals surface area contributed by atoms with Crippen LogP contribution in [0.3, 0.4) is 0 Å². The number of fused-ring (bicyclic) bond motifs is 2. The number of ether oxygens (including phenoxy) is 3. The Morgan fingerprint density at radius 3 is 2.73 bits per heavy atom. The highest BCUT2D eigenvalue weighted by Gasteiger charge is 2.69. The van der Waals surface area contributed by atoms with Crippen molar-refractivity contribution in [2.24, 2.45) is 17.3 Å². The van der Waals surface area contributed by atoms with E-state index in [1.54, 1.807) is 0 Å². The second kappa shape index (κ2) is 6.86. The van der Waals surface area contributed by atoms with Crippen LogP contribution >= 0.6 is 0 Å². The van der Waals surface area contributed by atoms with Gasteiger partial charge in [-0.1, -0.05) is 37.0 Å². The van der Waals surface area contributed by atoms with Crippen LogP contribution < -0.4 is 4.74 Å². The Kier molecular flexibility index (Phi) is 4.70. The predicted octanol–water partition coefficient (Wildman–Crippen LogP) is 1.97. The summed E-state index contributed by atoms with van der Waals surface area (Å²) in [6.45, 7) is 3.56. The Morgan fingerprint density at radius 2 is 2.00 bits per heavy atom. The summed E-state index contributed by atoms with van der Waals surface area (Å²) in [4.78, 5) is 0. The van der Waals surface area contributed by atoms with E-state index in [-0.39, 0.29) is 23.9 Å². The van der Waals surface area contributed by atoms with E-state index in [0.717, 1.165) is 12.8 Å². The third kappa shape index (κ3) is 2.91. The monoisotopic (exact) mass is 358 g/mol. The Morgan fingerprint density at radius 1 is 1.27 bits per heavy atom. The van der Waals surface area contributed by atoms with Gasteiger partial charge in [-0.2, -0.15) is 0 Å². The lowest BCUT2D eigenvalue weighted by atomic mass is 9.47. The Hall–Kier alpha value is -1.58. The van der Waals surface area contributed by atoms with Gasteiger partial charge in [0.25, 0.3) is 0 Å². The van der Waals surface area contributed by atoms with Gasteiger partial charge in [0, 0.05) is 11.8 Å². The molecule has 1 saturated heterocycles. The van der Waals surface area contributed by atoms with Crippen LogP contribution in [0.15, 0.2) is 30.3 Å². The third-order valence-corrected chi connectivity index (χ3v) is 6.31. The van der Waals surface area contributed by atoms with Crippen molar-refractivity contribution in [3.8, 4) is 17.6 Å². The van der Waals surface area contributed by atoms with Crippen LogP contribution in [0.2, 0.25) is 0 Å². The zero-order chi connectivity index (χ0) is 18.2. The molecule has 2 aliphatic carbocycles. The van der Waals surface area contributed by atoms with Gasteiger partial charge < -0.3 is 24.4 Å². The molecule has 2 saturated carbocycles. The summed E-state index contributed by atoms with van der Waals surface area (Å²) >= 11 is 0. The summed E-state index contributed by atoms with van der Waals surface area (Å²) in [6, 6.07) is 9.35. The van der Waals surface area contributed by atoms with Crippen LogP contribution in [0.1, 0.15) is 26.2 Å². The van der Waals surface area contributed by atoms with Crippen molar-refractivity contribution in [1.29, 1.82) is 0 Å². The fraction of sp³-hybridized carbons (Fsp3) is 0.619. The van der Waals surface area contributed by atoms with Gasteiger partial charge in [-0.15, -0.1) is 0 Å². The number of hydrogen-bond acceptors (Lipinski definition) is 5. The fourth-order valence-electron chi connectivity index (χ4n) is 4.72. The highest BCUT2D eigenvalue weighted by molar-refractivity contribution is 5.23. The first-order valence-corrected chi connectivity index (χ1v) is 9.37. The molecular formula is C21H26O5. The van der Waals surface area contributed by atoms with Crippen molar-refractivity contribution in [3.05, 3.63) is 30.3 Å². The molecule has 1 heterocycles. The summed E-state index contributed by atoms with van der Waals surface area (Å²) in [5.74, 6) is 6.27. The first-order chi connectivity index (χ1) is 12.5. The van der Waals surface area contributed by atoms with Gasteiger partial charge in [-0.25, -0.2) is 0 Å². The lowest BCUT2D eigenvalue weighted by Crippen LogP contribution is -2.67. The average molecular weight is 358 g/mol. The summed E-state index contributed by atoms with van der Waals surface area (Å²) in [5, 5.41) is 20.6. The molecule has 0 bridgehead atoms. The van der Waals surface area contributed by atoms with Crippen LogP contribution in [0, 0.1) is 29.1 Å². The molecule has 0 aromatic heterocycles. The van der Waals surface area contributed by atoms with E-state index in [9.17, 15) is 10.2 Å². The van der Waals surface area contributed by atoms with Crippen molar-refractivity contribution < 1.29 is 24.4 Å². The smallest absolute Gasteiger partial charge is 0.174 e. The van der Waals surface area contributed by atoms with E-state index in [1.807, 2.05) is 30.3 Å². The minimum absolute atomic E-state index is 0.109. The number of para-hydroxylation sites is 1. The molecule has 5 atom stereocenters. The van der Waals surface area contributed by atoms with Gasteiger partial charge in [0.15, 0.2) is 5.79 Å². The molecule has 3 fully saturated rings. The highest BCUT2D eigenvalue weighted by atomic mass is 16.7. The molecule has 4 rings (SSSR count). The number of benzene rings is 1. The minimum Gasteiger partial charge on any atom is -0.490 e. The van der Waals surface area contributed by atoms with Crippen LogP contribution in [0.4, 0.5) is 0 Å². The summed E-state index contributed by atoms with van der Waals surface area (Å²) in [6.07, 6.45) is 0.954. The lowest BCUT2D eigenvalue weighted by Gasteiger charge is -2.64. The summed E-state index contributed by atoms with van der Waals surface area (Å²) < 4.78 is 17.4. The Balaban J connectivity index is 1.40. The van der Waals surface area contributed by atoms with Crippen molar-refractivity contribution in [1.82, 2.24) is 0 Å². The van der Waals surface area contributed by atoms with Crippen LogP contribution in [-0.2, 0) is 9.47 Å². The zero-order valence-electron chi connectivity index (χ0n) is 15.1. The van der Waals surface area contributed by atoms with Crippen LogP contribution in [0.25, 0.3) is 0 Å². The van der Waals surface area contributed by atoms with Crippen molar-refractivity contribution >= 4 is 0 Å². The van der Waals surface area contributed by atoms with E-state index in [2.05, 4.69) is 18.8 Å². The van der Waals surface area contributed by atoms with Crippen LogP contribution in [0.5, 0.6) is 5.75 Å². The van der Waals surface area contributed by atoms with Gasteiger partial charge in [-0.3, -0.25) is 0 Å². The van der Waals surface area contributed by atoms with E-state index < -0.39 is 18.0 Å². The SMILES string of the molecule is C[C@]12CC[C@@H](O)[C@H](C#C[C@H](O)COc3ccccc3)[C@H]1CC21OCCO1. The summed E-state index contributed by atoms with van der Waals surface area (Å²) in [7, 11) is 0. The topological polar surface area (TPSA) is 68.2 Å². The molecule has 5 heteroatoms. The maximum Gasteiger partial charge on any atom is 0.174 e. The lowest BCUT2D eigenvalue weighted by molar-refractivity contribution is -0.344. The third-order valence-electron chi connectivity index (χ3n) is 6.31. The van der Waals surface area contributed by atoms with Gasteiger partial charge >= 0.3 is 0 Å². The van der Waals surface area contributed by atoms with Gasteiger partial charge in [-0.05, 0) is 30.9 Å². The maximum absolute atomic E-state index is 10.5. The standard InChI is InChI=1S/C21H26O5/c1-20-10-9-19(23)17(18(20)13-21(20)25-11-12-26-21)8-7-15(22)14-24-16-5-3-2-4-6-16/h2-6,15,17-19,22-23H,9-14H2,1H3/t15-,17+,18+,19+,20-/m0/s1. The number of aliphatic hydroxyl groups excluding tert-OH is 2. The molecular weight excluding hydrogens is 332 g/mol. The van der Waals surface area contributed by atoms with Crippen LogP contribution in [-0.4, -0.2) is 48.0 Å². The number of rotatable bonds is 3. The van der Waals surface area contributed by atoms with Crippen molar-refractivity contribution in [3.63, 3.8) is 0 Å². The molecule has 1 spiro atoms. The second-order valence-electron chi connectivity index (χ2n) is 7.74. The highest BCUT2D eigenvalue weighted by Crippen LogP contribution is 2.66. The van der Waals surface area contributed by atoms with E-state index in [1.165, 1.54) is 0 Å². The molecule has 0 unspecified atom stereocenters. The zero-order valence-corrected chi connectivity index (χ0v) is 15.1. The van der Waals surface area contributed by atoms with E-state index in [4.69, 9.17) is 14.2 Å². The molecule has 26 heavy (non-hydrogen) atoms. The molecule has 1 aromatic carbocycles. The number of hydrogen-bond donors (Lipinski definition) is 2. The predicted molar refractivity (Wildman–Crippen MR) is 95.3 cm³/mol. The molecule has 3 aliphatic rings. The van der Waals surface area contributed by atoms with Crippen molar-refractivity contribution in [2.45, 2.75) is 44.2 Å². The molecule has 140 valence electrons. The number of aliphatic hydroxyl groups is 2. The largest absolute Gasteiger partial charge is 0.490 e. The molecule has 1 aromatic rings. The molecule has 5 nitrogen and oxygen atoms in total. The molecule has 2 N–H and O–H groups in total. The average Bonchev–Trinajstić information content (AvgIpc) is 3.16. The first-order valence-electron chi connectivity index (χ1n) is 9.37. The van der Waals surface area contributed by atoms with Gasteiger partial charge in [0.05, 0.1) is 25.2 Å². The van der Waals surface area contributed by atoms with E-state index >= 15 is 0 Å². The van der Waals surface area contributed by atoms with Crippen molar-refractivity contribution in [2.75, 3.05) is 19.8 Å². The Labute approximate surface area is 154 Å². The molecule has 0 radical (unpaired) electrons. The van der Waals surface area contributed by atoms with E-state index in [0.29, 0.717) is 25.4 Å².